The largest absolute Gasteiger partial charge is 0.481 e. The van der Waals surface area contributed by atoms with Gasteiger partial charge in [0, 0.05) is 17.1 Å². The lowest BCUT2D eigenvalue weighted by molar-refractivity contribution is -0.138. The molecule has 3 aromatic rings. The van der Waals surface area contributed by atoms with E-state index in [1.807, 2.05) is 31.2 Å². The molecule has 0 saturated heterocycles. The summed E-state index contributed by atoms with van der Waals surface area (Å²) in [7, 11) is 1.64. The molecular formula is C20H19BrFN3O3. The molecule has 1 atom stereocenters. The number of hydrogen-bond donors (Lipinski definition) is 0. The van der Waals surface area contributed by atoms with Crippen molar-refractivity contribution in [2.24, 2.45) is 0 Å². The Morgan fingerprint density at radius 2 is 2.04 bits per heavy atom. The molecule has 1 unspecified atom stereocenters. The summed E-state index contributed by atoms with van der Waals surface area (Å²) in [4.78, 5) is 18.5. The first-order chi connectivity index (χ1) is 13.5. The van der Waals surface area contributed by atoms with E-state index >= 15 is 0 Å². The number of ether oxygens (including phenoxy) is 1. The highest BCUT2D eigenvalue weighted by Gasteiger charge is 2.24. The Labute approximate surface area is 170 Å². The lowest BCUT2D eigenvalue weighted by atomic mass is 10.2. The number of carbonyl (C=O) groups excluding carboxylic acids is 1. The molecule has 1 amide bonds. The van der Waals surface area contributed by atoms with Crippen molar-refractivity contribution in [1.82, 2.24) is 15.0 Å². The van der Waals surface area contributed by atoms with E-state index in [1.54, 1.807) is 7.05 Å². The van der Waals surface area contributed by atoms with Crippen LogP contribution in [-0.4, -0.2) is 34.1 Å². The molecule has 28 heavy (non-hydrogen) atoms. The van der Waals surface area contributed by atoms with Gasteiger partial charge < -0.3 is 14.2 Å². The molecule has 0 bridgehead atoms. The smallest absolute Gasteiger partial charge is 0.263 e. The van der Waals surface area contributed by atoms with Crippen LogP contribution in [0.4, 0.5) is 4.39 Å². The zero-order valence-electron chi connectivity index (χ0n) is 15.4. The van der Waals surface area contributed by atoms with Gasteiger partial charge in [0.2, 0.25) is 11.7 Å². The summed E-state index contributed by atoms with van der Waals surface area (Å²) in [5.74, 6) is 0.620. The third-order valence-electron chi connectivity index (χ3n) is 4.04. The molecule has 6 nitrogen and oxygen atoms in total. The van der Waals surface area contributed by atoms with Gasteiger partial charge >= 0.3 is 0 Å². The zero-order chi connectivity index (χ0) is 20.1. The zero-order valence-corrected chi connectivity index (χ0v) is 17.0. The summed E-state index contributed by atoms with van der Waals surface area (Å²) in [5, 5.41) is 3.97. The van der Waals surface area contributed by atoms with Crippen LogP contribution in [0.2, 0.25) is 0 Å². The fraction of sp³-hybridized carbons (Fsp3) is 0.250. The van der Waals surface area contributed by atoms with Gasteiger partial charge in [-0.05, 0) is 42.8 Å². The summed E-state index contributed by atoms with van der Waals surface area (Å²) in [6.45, 7) is 2.00. The minimum Gasteiger partial charge on any atom is -0.481 e. The SMILES string of the molecule is CCC(Oc1ccc(F)cc1)C(=O)N(C)Cc1nc(-c2cccc(Br)c2)no1. The number of benzene rings is 2. The van der Waals surface area contributed by atoms with Crippen LogP contribution in [0.5, 0.6) is 5.75 Å². The van der Waals surface area contributed by atoms with Crippen molar-refractivity contribution in [3.8, 4) is 17.1 Å². The van der Waals surface area contributed by atoms with Crippen molar-refractivity contribution in [3.05, 3.63) is 64.7 Å². The van der Waals surface area contributed by atoms with Gasteiger partial charge in [0.25, 0.3) is 5.91 Å². The molecule has 146 valence electrons. The van der Waals surface area contributed by atoms with E-state index in [1.165, 1.54) is 29.2 Å². The van der Waals surface area contributed by atoms with Gasteiger partial charge in [-0.1, -0.05) is 40.1 Å². The average Bonchev–Trinajstić information content (AvgIpc) is 3.15. The Bertz CT molecular complexity index is 946. The van der Waals surface area contributed by atoms with Gasteiger partial charge in [-0.15, -0.1) is 0 Å². The fourth-order valence-electron chi connectivity index (χ4n) is 2.58. The van der Waals surface area contributed by atoms with Crippen LogP contribution in [-0.2, 0) is 11.3 Å². The van der Waals surface area contributed by atoms with Crippen molar-refractivity contribution < 1.29 is 18.4 Å². The van der Waals surface area contributed by atoms with Crippen LogP contribution in [0.1, 0.15) is 19.2 Å². The summed E-state index contributed by atoms with van der Waals surface area (Å²) in [5.41, 5.74) is 0.810. The van der Waals surface area contributed by atoms with Crippen molar-refractivity contribution in [1.29, 1.82) is 0 Å². The minimum atomic E-state index is -0.692. The topological polar surface area (TPSA) is 68.5 Å². The van der Waals surface area contributed by atoms with E-state index in [0.717, 1.165) is 10.0 Å². The van der Waals surface area contributed by atoms with Crippen molar-refractivity contribution in [2.75, 3.05) is 7.05 Å². The van der Waals surface area contributed by atoms with Crippen LogP contribution < -0.4 is 4.74 Å². The van der Waals surface area contributed by atoms with E-state index in [0.29, 0.717) is 23.9 Å². The van der Waals surface area contributed by atoms with Crippen LogP contribution in [0.15, 0.2) is 57.5 Å². The number of amides is 1. The molecule has 0 N–H and O–H groups in total. The fourth-order valence-corrected chi connectivity index (χ4v) is 2.98. The number of halogens is 2. The quantitative estimate of drug-likeness (QED) is 0.534. The molecule has 0 aliphatic heterocycles. The predicted molar refractivity (Wildman–Crippen MR) is 105 cm³/mol. The Hall–Kier alpha value is -2.74. The molecule has 3 rings (SSSR count). The predicted octanol–water partition coefficient (Wildman–Crippen LogP) is 4.45. The maximum absolute atomic E-state index is 13.0. The molecule has 0 saturated carbocycles. The minimum absolute atomic E-state index is 0.156. The maximum atomic E-state index is 13.0. The van der Waals surface area contributed by atoms with Gasteiger partial charge in [-0.2, -0.15) is 4.98 Å². The molecule has 0 fully saturated rings. The average molecular weight is 448 g/mol. The first kappa shape index (κ1) is 20.0. The van der Waals surface area contributed by atoms with E-state index in [9.17, 15) is 9.18 Å². The number of rotatable bonds is 7. The van der Waals surface area contributed by atoms with E-state index in [4.69, 9.17) is 9.26 Å². The Balaban J connectivity index is 1.65. The molecule has 0 aliphatic carbocycles. The molecule has 0 spiro atoms. The second kappa shape index (κ2) is 8.97. The molecule has 0 aliphatic rings. The summed E-state index contributed by atoms with van der Waals surface area (Å²) < 4.78 is 24.9. The normalized spacial score (nSPS) is 11.9. The van der Waals surface area contributed by atoms with Gasteiger partial charge in [0.05, 0.1) is 6.54 Å². The maximum Gasteiger partial charge on any atom is 0.263 e. The van der Waals surface area contributed by atoms with Crippen molar-refractivity contribution >= 4 is 21.8 Å². The van der Waals surface area contributed by atoms with Gasteiger partial charge in [-0.3, -0.25) is 4.79 Å². The summed E-state index contributed by atoms with van der Waals surface area (Å²) in [6.07, 6.45) is -0.226. The van der Waals surface area contributed by atoms with Gasteiger partial charge in [0.1, 0.15) is 11.6 Å². The summed E-state index contributed by atoms with van der Waals surface area (Å²) in [6, 6.07) is 13.1. The van der Waals surface area contributed by atoms with Crippen LogP contribution in [0, 0.1) is 5.82 Å². The number of aromatic nitrogens is 2. The van der Waals surface area contributed by atoms with E-state index < -0.39 is 6.10 Å². The number of hydrogen-bond acceptors (Lipinski definition) is 5. The lowest BCUT2D eigenvalue weighted by Crippen LogP contribution is -2.39. The Kier molecular flexibility index (Phi) is 6.41. The van der Waals surface area contributed by atoms with E-state index in [2.05, 4.69) is 26.1 Å². The highest BCUT2D eigenvalue weighted by atomic mass is 79.9. The monoisotopic (exact) mass is 447 g/mol. The Morgan fingerprint density at radius 1 is 1.29 bits per heavy atom. The van der Waals surface area contributed by atoms with Crippen molar-refractivity contribution in [2.45, 2.75) is 26.0 Å². The molecule has 0 radical (unpaired) electrons. The molecule has 1 aromatic heterocycles. The van der Waals surface area contributed by atoms with Crippen LogP contribution >= 0.6 is 15.9 Å². The van der Waals surface area contributed by atoms with E-state index in [-0.39, 0.29) is 18.3 Å². The molecule has 1 heterocycles. The highest BCUT2D eigenvalue weighted by Crippen LogP contribution is 2.21. The molecular weight excluding hydrogens is 429 g/mol. The number of nitrogens with zero attached hydrogens (tertiary/aromatic N) is 3. The third kappa shape index (κ3) is 4.95. The molecule has 2 aromatic carbocycles. The first-order valence-electron chi connectivity index (χ1n) is 8.72. The third-order valence-corrected chi connectivity index (χ3v) is 4.53. The Morgan fingerprint density at radius 3 is 2.71 bits per heavy atom. The number of likely N-dealkylation sites (N-methyl/N-ethyl adjacent to an activating group) is 1. The van der Waals surface area contributed by atoms with Crippen molar-refractivity contribution in [3.63, 3.8) is 0 Å². The van der Waals surface area contributed by atoms with Crippen LogP contribution in [0.25, 0.3) is 11.4 Å². The van der Waals surface area contributed by atoms with Gasteiger partial charge in [-0.25, -0.2) is 4.39 Å². The number of carbonyl (C=O) groups is 1. The first-order valence-corrected chi connectivity index (χ1v) is 9.51. The molecule has 8 heteroatoms. The second-order valence-corrected chi connectivity index (χ2v) is 7.10. The summed E-state index contributed by atoms with van der Waals surface area (Å²) >= 11 is 3.41. The standard InChI is InChI=1S/C20H19BrFN3O3/c1-3-17(27-16-9-7-15(22)8-10-16)20(26)25(2)12-18-23-19(24-28-18)13-5-4-6-14(21)11-13/h4-11,17H,3,12H2,1-2H3. The van der Waals surface area contributed by atoms with Gasteiger partial charge in [0.15, 0.2) is 6.10 Å². The lowest BCUT2D eigenvalue weighted by Gasteiger charge is -2.22. The van der Waals surface area contributed by atoms with Crippen LogP contribution in [0.3, 0.4) is 0 Å². The second-order valence-electron chi connectivity index (χ2n) is 6.19. The highest BCUT2D eigenvalue weighted by molar-refractivity contribution is 9.10.